The fraction of sp³-hybridized carbons (Fsp3) is 0.318. The summed E-state index contributed by atoms with van der Waals surface area (Å²) >= 11 is 5.87. The first-order valence-electron chi connectivity index (χ1n) is 9.14. The molecule has 2 rings (SSSR count). The van der Waals surface area contributed by atoms with Gasteiger partial charge in [0.05, 0.1) is 17.2 Å². The van der Waals surface area contributed by atoms with E-state index in [0.717, 1.165) is 16.0 Å². The normalized spacial score (nSPS) is 13.0. The van der Waals surface area contributed by atoms with Gasteiger partial charge in [-0.3, -0.25) is 4.79 Å². The van der Waals surface area contributed by atoms with Crippen molar-refractivity contribution in [2.45, 2.75) is 38.7 Å². The molecule has 0 heterocycles. The predicted octanol–water partition coefficient (Wildman–Crippen LogP) is 7.03. The standard InChI is InChI=1S/C22H20ClF6NO/c1-13(2)8-19(9-14-4-6-18(23)7-5-14)30(3)20(31)15-10-16(21(24,25)26)12-17(11-15)22(27,28)29/h4-8,10-12,19H,9H2,1-3H3. The highest BCUT2D eigenvalue weighted by atomic mass is 35.5. The van der Waals surface area contributed by atoms with E-state index in [9.17, 15) is 31.1 Å². The van der Waals surface area contributed by atoms with Crippen molar-refractivity contribution in [1.82, 2.24) is 4.90 Å². The van der Waals surface area contributed by atoms with E-state index in [4.69, 9.17) is 11.6 Å². The Labute approximate surface area is 181 Å². The van der Waals surface area contributed by atoms with Crippen LogP contribution in [-0.4, -0.2) is 23.9 Å². The van der Waals surface area contributed by atoms with Crippen molar-refractivity contribution in [3.05, 3.63) is 81.4 Å². The first-order chi connectivity index (χ1) is 14.2. The molecule has 0 radical (unpaired) electrons. The van der Waals surface area contributed by atoms with Gasteiger partial charge in [0.15, 0.2) is 0 Å². The maximum absolute atomic E-state index is 13.1. The molecule has 0 spiro atoms. The van der Waals surface area contributed by atoms with Gasteiger partial charge in [0.25, 0.3) is 5.91 Å². The molecule has 0 bridgehead atoms. The van der Waals surface area contributed by atoms with Gasteiger partial charge in [0.2, 0.25) is 0 Å². The van der Waals surface area contributed by atoms with Crippen molar-refractivity contribution >= 4 is 17.5 Å². The zero-order valence-electron chi connectivity index (χ0n) is 16.9. The second kappa shape index (κ2) is 9.34. The summed E-state index contributed by atoms with van der Waals surface area (Å²) < 4.78 is 78.8. The van der Waals surface area contributed by atoms with Gasteiger partial charge in [-0.2, -0.15) is 26.3 Å². The van der Waals surface area contributed by atoms with Gasteiger partial charge in [-0.05, 0) is 56.2 Å². The summed E-state index contributed by atoms with van der Waals surface area (Å²) in [5.74, 6) is -0.951. The monoisotopic (exact) mass is 463 g/mol. The lowest BCUT2D eigenvalue weighted by Gasteiger charge is -2.27. The third-order valence-corrected chi connectivity index (χ3v) is 4.79. The summed E-state index contributed by atoms with van der Waals surface area (Å²) in [6, 6.07) is 7.06. The van der Waals surface area contributed by atoms with Gasteiger partial charge in [-0.15, -0.1) is 0 Å². The quantitative estimate of drug-likeness (QED) is 0.344. The van der Waals surface area contributed by atoms with Crippen LogP contribution in [0.15, 0.2) is 54.1 Å². The number of carbonyl (C=O) groups is 1. The molecule has 0 aromatic heterocycles. The van der Waals surface area contributed by atoms with E-state index in [0.29, 0.717) is 23.6 Å². The third kappa shape index (κ3) is 6.75. The lowest BCUT2D eigenvalue weighted by Crippen LogP contribution is -2.37. The number of hydrogen-bond donors (Lipinski definition) is 0. The molecule has 0 aliphatic rings. The van der Waals surface area contributed by atoms with Gasteiger partial charge < -0.3 is 4.90 Å². The predicted molar refractivity (Wildman–Crippen MR) is 107 cm³/mol. The van der Waals surface area contributed by atoms with Crippen molar-refractivity contribution in [2.24, 2.45) is 0 Å². The fourth-order valence-electron chi connectivity index (χ4n) is 2.99. The van der Waals surface area contributed by atoms with Gasteiger partial charge in [0.1, 0.15) is 0 Å². The Morgan fingerprint density at radius 2 is 1.45 bits per heavy atom. The number of allylic oxidation sites excluding steroid dienone is 1. The summed E-state index contributed by atoms with van der Waals surface area (Å²) in [7, 11) is 1.34. The van der Waals surface area contributed by atoms with E-state index in [1.807, 2.05) is 0 Å². The van der Waals surface area contributed by atoms with E-state index >= 15 is 0 Å². The Kier molecular flexibility index (Phi) is 7.47. The zero-order valence-corrected chi connectivity index (χ0v) is 17.7. The van der Waals surface area contributed by atoms with Crippen LogP contribution >= 0.6 is 11.6 Å². The van der Waals surface area contributed by atoms with Gasteiger partial charge in [0, 0.05) is 17.6 Å². The van der Waals surface area contributed by atoms with Crippen LogP contribution in [0.2, 0.25) is 5.02 Å². The molecule has 1 amide bonds. The van der Waals surface area contributed by atoms with Crippen molar-refractivity contribution in [1.29, 1.82) is 0 Å². The average molecular weight is 464 g/mol. The van der Waals surface area contributed by atoms with E-state index in [2.05, 4.69) is 0 Å². The zero-order chi connectivity index (χ0) is 23.6. The number of hydrogen-bond acceptors (Lipinski definition) is 1. The Morgan fingerprint density at radius 3 is 1.87 bits per heavy atom. The summed E-state index contributed by atoms with van der Waals surface area (Å²) in [6.07, 6.45) is -8.03. The summed E-state index contributed by atoms with van der Waals surface area (Å²) in [6.45, 7) is 3.55. The molecule has 1 unspecified atom stereocenters. The van der Waals surface area contributed by atoms with E-state index in [1.165, 1.54) is 7.05 Å². The molecule has 1 atom stereocenters. The number of alkyl halides is 6. The molecule has 0 saturated carbocycles. The van der Waals surface area contributed by atoms with E-state index in [1.54, 1.807) is 44.2 Å². The molecule has 0 aliphatic heterocycles. The van der Waals surface area contributed by atoms with Crippen LogP contribution in [0.1, 0.15) is 40.9 Å². The molecule has 0 saturated heterocycles. The molecule has 168 valence electrons. The SMILES string of the molecule is CC(C)=CC(Cc1ccc(Cl)cc1)N(C)C(=O)c1cc(C(F)(F)F)cc(C(F)(F)F)c1. The molecule has 0 N–H and O–H groups in total. The number of amides is 1. The second-order valence-electron chi connectivity index (χ2n) is 7.35. The number of halogens is 7. The average Bonchev–Trinajstić information content (AvgIpc) is 2.66. The molecular formula is C22H20ClF6NO. The Bertz CT molecular complexity index is 927. The Balaban J connectivity index is 2.46. The molecule has 2 aromatic rings. The molecule has 2 nitrogen and oxygen atoms in total. The van der Waals surface area contributed by atoms with Crippen molar-refractivity contribution < 1.29 is 31.1 Å². The van der Waals surface area contributed by atoms with E-state index in [-0.39, 0.29) is 6.07 Å². The molecule has 2 aromatic carbocycles. The van der Waals surface area contributed by atoms with Crippen molar-refractivity contribution in [2.75, 3.05) is 7.05 Å². The van der Waals surface area contributed by atoms with Crippen molar-refractivity contribution in [3.63, 3.8) is 0 Å². The second-order valence-corrected chi connectivity index (χ2v) is 7.79. The van der Waals surface area contributed by atoms with Crippen LogP contribution in [-0.2, 0) is 18.8 Å². The van der Waals surface area contributed by atoms with Gasteiger partial charge >= 0.3 is 12.4 Å². The van der Waals surface area contributed by atoms with Crippen LogP contribution in [0, 0.1) is 0 Å². The highest BCUT2D eigenvalue weighted by molar-refractivity contribution is 6.30. The third-order valence-electron chi connectivity index (χ3n) is 4.54. The first-order valence-corrected chi connectivity index (χ1v) is 9.52. The minimum Gasteiger partial charge on any atom is -0.335 e. The maximum atomic E-state index is 13.1. The Morgan fingerprint density at radius 1 is 0.968 bits per heavy atom. The topological polar surface area (TPSA) is 20.3 Å². The minimum atomic E-state index is -5.03. The maximum Gasteiger partial charge on any atom is 0.416 e. The number of carbonyl (C=O) groups excluding carboxylic acids is 1. The largest absolute Gasteiger partial charge is 0.416 e. The van der Waals surface area contributed by atoms with Crippen LogP contribution in [0.3, 0.4) is 0 Å². The number of benzene rings is 2. The lowest BCUT2D eigenvalue weighted by molar-refractivity contribution is -0.143. The number of rotatable bonds is 5. The van der Waals surface area contributed by atoms with E-state index < -0.39 is 41.0 Å². The first kappa shape index (κ1) is 24.8. The number of likely N-dealkylation sites (N-methyl/N-ethyl adjacent to an activating group) is 1. The van der Waals surface area contributed by atoms with Gasteiger partial charge in [-0.1, -0.05) is 35.4 Å². The molecule has 31 heavy (non-hydrogen) atoms. The summed E-state index contributed by atoms with van der Waals surface area (Å²) in [5, 5.41) is 0.510. The van der Waals surface area contributed by atoms with Crippen molar-refractivity contribution in [3.8, 4) is 0 Å². The Hall–Kier alpha value is -2.48. The lowest BCUT2D eigenvalue weighted by atomic mass is 10.00. The van der Waals surface area contributed by atoms with Crippen LogP contribution in [0.4, 0.5) is 26.3 Å². The molecule has 0 aliphatic carbocycles. The minimum absolute atomic E-state index is 0.00192. The summed E-state index contributed by atoms with van der Waals surface area (Å²) in [4.78, 5) is 14.0. The van der Waals surface area contributed by atoms with Crippen LogP contribution in [0.25, 0.3) is 0 Å². The van der Waals surface area contributed by atoms with Crippen LogP contribution in [0.5, 0.6) is 0 Å². The van der Waals surface area contributed by atoms with Crippen LogP contribution < -0.4 is 0 Å². The summed E-state index contributed by atoms with van der Waals surface area (Å²) in [5.41, 5.74) is -2.12. The number of nitrogens with zero attached hydrogens (tertiary/aromatic N) is 1. The molecular weight excluding hydrogens is 444 g/mol. The van der Waals surface area contributed by atoms with Gasteiger partial charge in [-0.25, -0.2) is 0 Å². The smallest absolute Gasteiger partial charge is 0.335 e. The molecule has 9 heteroatoms. The highest BCUT2D eigenvalue weighted by Crippen LogP contribution is 2.36. The molecule has 0 fully saturated rings. The highest BCUT2D eigenvalue weighted by Gasteiger charge is 2.38. The fourth-order valence-corrected chi connectivity index (χ4v) is 3.11.